The van der Waals surface area contributed by atoms with E-state index in [1.165, 1.54) is 16.8 Å². The predicted octanol–water partition coefficient (Wildman–Crippen LogP) is 0.510. The summed E-state index contributed by atoms with van der Waals surface area (Å²) in [7, 11) is 0. The molecule has 0 N–H and O–H groups in total. The summed E-state index contributed by atoms with van der Waals surface area (Å²) in [5.41, 5.74) is 0.751. The monoisotopic (exact) mass is 234 g/mol. The summed E-state index contributed by atoms with van der Waals surface area (Å²) in [6.07, 6.45) is 0. The first-order valence-corrected chi connectivity index (χ1v) is 4.85. The van der Waals surface area contributed by atoms with Gasteiger partial charge in [-0.05, 0) is 0 Å². The number of esters is 1. The van der Waals surface area contributed by atoms with E-state index in [9.17, 15) is 14.9 Å². The first kappa shape index (κ1) is 9.70. The second-order valence-electron chi connectivity index (χ2n) is 3.57. The highest BCUT2D eigenvalue weighted by molar-refractivity contribution is 6.03. The Bertz CT molecular complexity index is 648. The summed E-state index contributed by atoms with van der Waals surface area (Å²) >= 11 is 0. The SMILES string of the molecule is O=C1OCCn2nnc3cc([N+](=O)[O-])cc1c32. The molecule has 8 nitrogen and oxygen atoms in total. The molecule has 0 atom stereocenters. The number of ether oxygens (including phenoxy) is 1. The average molecular weight is 234 g/mol. The number of hydrogen-bond donors (Lipinski definition) is 0. The normalized spacial score (nSPS) is 14.5. The van der Waals surface area contributed by atoms with Crippen LogP contribution in [-0.2, 0) is 11.3 Å². The second kappa shape index (κ2) is 3.24. The van der Waals surface area contributed by atoms with E-state index in [-0.39, 0.29) is 17.9 Å². The first-order chi connectivity index (χ1) is 8.16. The van der Waals surface area contributed by atoms with Crippen molar-refractivity contribution in [2.24, 2.45) is 0 Å². The number of nitro groups is 1. The van der Waals surface area contributed by atoms with Crippen LogP contribution in [-0.4, -0.2) is 32.5 Å². The van der Waals surface area contributed by atoms with Gasteiger partial charge in [-0.25, -0.2) is 9.48 Å². The molecule has 1 aliphatic heterocycles. The minimum atomic E-state index is -0.584. The first-order valence-electron chi connectivity index (χ1n) is 4.85. The molecule has 0 aliphatic carbocycles. The summed E-state index contributed by atoms with van der Waals surface area (Å²) in [5, 5.41) is 18.4. The molecule has 3 rings (SSSR count). The molecule has 1 aliphatic rings. The number of benzene rings is 1. The smallest absolute Gasteiger partial charge is 0.340 e. The Morgan fingerprint density at radius 2 is 2.29 bits per heavy atom. The van der Waals surface area contributed by atoms with Crippen LogP contribution in [0.2, 0.25) is 0 Å². The van der Waals surface area contributed by atoms with Crippen molar-refractivity contribution in [3.8, 4) is 0 Å². The van der Waals surface area contributed by atoms with E-state index in [1.54, 1.807) is 0 Å². The van der Waals surface area contributed by atoms with Crippen molar-refractivity contribution in [2.45, 2.75) is 6.54 Å². The number of rotatable bonds is 1. The van der Waals surface area contributed by atoms with Crippen molar-refractivity contribution in [3.05, 3.63) is 27.8 Å². The Morgan fingerprint density at radius 3 is 3.06 bits per heavy atom. The number of non-ortho nitro benzene ring substituents is 1. The van der Waals surface area contributed by atoms with Crippen molar-refractivity contribution in [1.29, 1.82) is 0 Å². The Kier molecular flexibility index (Phi) is 1.85. The van der Waals surface area contributed by atoms with Crippen LogP contribution < -0.4 is 0 Å². The summed E-state index contributed by atoms with van der Waals surface area (Å²) in [5.74, 6) is -0.584. The van der Waals surface area contributed by atoms with Gasteiger partial charge < -0.3 is 4.74 Å². The zero-order valence-electron chi connectivity index (χ0n) is 8.49. The number of carbonyl (C=O) groups is 1. The van der Waals surface area contributed by atoms with E-state index in [1.807, 2.05) is 0 Å². The third-order valence-electron chi connectivity index (χ3n) is 2.56. The molecule has 0 spiro atoms. The van der Waals surface area contributed by atoms with Gasteiger partial charge in [0, 0.05) is 12.1 Å². The van der Waals surface area contributed by atoms with Crippen LogP contribution >= 0.6 is 0 Å². The van der Waals surface area contributed by atoms with Crippen LogP contribution in [0.3, 0.4) is 0 Å². The Hall–Kier alpha value is -2.51. The quantitative estimate of drug-likeness (QED) is 0.405. The van der Waals surface area contributed by atoms with Gasteiger partial charge >= 0.3 is 5.97 Å². The lowest BCUT2D eigenvalue weighted by Gasteiger charge is -1.99. The van der Waals surface area contributed by atoms with Gasteiger partial charge in [-0.2, -0.15) is 0 Å². The van der Waals surface area contributed by atoms with E-state index in [2.05, 4.69) is 10.3 Å². The van der Waals surface area contributed by atoms with Crippen molar-refractivity contribution in [2.75, 3.05) is 6.61 Å². The van der Waals surface area contributed by atoms with Gasteiger partial charge in [0.1, 0.15) is 17.6 Å². The molecule has 0 bridgehead atoms. The van der Waals surface area contributed by atoms with Crippen LogP contribution in [0.5, 0.6) is 0 Å². The topological polar surface area (TPSA) is 100 Å². The number of aromatic nitrogens is 3. The minimum absolute atomic E-state index is 0.136. The lowest BCUT2D eigenvalue weighted by molar-refractivity contribution is -0.384. The highest BCUT2D eigenvalue weighted by Gasteiger charge is 2.24. The maximum absolute atomic E-state index is 11.7. The molecule has 1 aromatic carbocycles. The molecule has 2 aromatic rings. The van der Waals surface area contributed by atoms with Crippen LogP contribution in [0, 0.1) is 10.1 Å². The highest BCUT2D eigenvalue weighted by atomic mass is 16.6. The molecule has 0 fully saturated rings. The molecule has 1 aromatic heterocycles. The van der Waals surface area contributed by atoms with Crippen LogP contribution in [0.1, 0.15) is 10.4 Å². The van der Waals surface area contributed by atoms with Crippen LogP contribution in [0.15, 0.2) is 12.1 Å². The van der Waals surface area contributed by atoms with Gasteiger partial charge in [-0.1, -0.05) is 5.21 Å². The summed E-state index contributed by atoms with van der Waals surface area (Å²) in [6, 6.07) is 2.48. The number of carbonyl (C=O) groups excluding carboxylic acids is 1. The second-order valence-corrected chi connectivity index (χ2v) is 3.57. The summed E-state index contributed by atoms with van der Waals surface area (Å²) in [4.78, 5) is 21.8. The maximum atomic E-state index is 11.7. The molecule has 0 saturated carbocycles. The number of hydrogen-bond acceptors (Lipinski definition) is 6. The van der Waals surface area contributed by atoms with Crippen molar-refractivity contribution >= 4 is 22.7 Å². The number of nitrogens with zero attached hydrogens (tertiary/aromatic N) is 4. The highest BCUT2D eigenvalue weighted by Crippen LogP contribution is 2.25. The molecular formula is C9H6N4O4. The lowest BCUT2D eigenvalue weighted by atomic mass is 10.1. The van der Waals surface area contributed by atoms with E-state index in [0.29, 0.717) is 17.6 Å². The van der Waals surface area contributed by atoms with E-state index < -0.39 is 10.9 Å². The zero-order valence-corrected chi connectivity index (χ0v) is 8.49. The predicted molar refractivity (Wildman–Crippen MR) is 54.5 cm³/mol. The lowest BCUT2D eigenvalue weighted by Crippen LogP contribution is -2.06. The molecule has 8 heteroatoms. The fourth-order valence-corrected chi connectivity index (χ4v) is 1.82. The fraction of sp³-hybridized carbons (Fsp3) is 0.222. The van der Waals surface area contributed by atoms with Gasteiger partial charge in [0.15, 0.2) is 0 Å². The molecule has 0 saturated heterocycles. The Balaban J connectivity index is 2.38. The minimum Gasteiger partial charge on any atom is -0.460 e. The molecule has 0 radical (unpaired) electrons. The molecule has 0 unspecified atom stereocenters. The standard InChI is InChI=1S/C9H6N4O4/c14-9-6-3-5(13(15)16)4-7-8(6)12(11-10-7)1-2-17-9/h3-4H,1-2H2. The number of nitro benzene ring substituents is 1. The van der Waals surface area contributed by atoms with Gasteiger partial charge in [0.05, 0.1) is 17.0 Å². The molecule has 86 valence electrons. The third-order valence-corrected chi connectivity index (χ3v) is 2.56. The van der Waals surface area contributed by atoms with Crippen LogP contribution in [0.4, 0.5) is 5.69 Å². The number of cyclic esters (lactones) is 1. The fourth-order valence-electron chi connectivity index (χ4n) is 1.82. The Morgan fingerprint density at radius 1 is 1.47 bits per heavy atom. The Labute approximate surface area is 93.9 Å². The van der Waals surface area contributed by atoms with Gasteiger partial charge in [-0.3, -0.25) is 10.1 Å². The van der Waals surface area contributed by atoms with Crippen LogP contribution in [0.25, 0.3) is 11.0 Å². The van der Waals surface area contributed by atoms with Gasteiger partial charge in [0.25, 0.3) is 5.69 Å². The zero-order chi connectivity index (χ0) is 12.0. The van der Waals surface area contributed by atoms with Gasteiger partial charge in [-0.15, -0.1) is 5.10 Å². The van der Waals surface area contributed by atoms with Crippen molar-refractivity contribution in [1.82, 2.24) is 15.0 Å². The molecule has 0 amide bonds. The van der Waals surface area contributed by atoms with Crippen molar-refractivity contribution < 1.29 is 14.5 Å². The molecular weight excluding hydrogens is 228 g/mol. The van der Waals surface area contributed by atoms with Crippen molar-refractivity contribution in [3.63, 3.8) is 0 Å². The largest absolute Gasteiger partial charge is 0.460 e. The van der Waals surface area contributed by atoms with E-state index >= 15 is 0 Å². The average Bonchev–Trinajstić information content (AvgIpc) is 2.63. The van der Waals surface area contributed by atoms with Gasteiger partial charge in [0.2, 0.25) is 0 Å². The third kappa shape index (κ3) is 1.34. The molecule has 17 heavy (non-hydrogen) atoms. The summed E-state index contributed by atoms with van der Waals surface area (Å²) < 4.78 is 6.43. The maximum Gasteiger partial charge on any atom is 0.340 e. The molecule has 2 heterocycles. The van der Waals surface area contributed by atoms with E-state index in [0.717, 1.165) is 0 Å². The van der Waals surface area contributed by atoms with E-state index in [4.69, 9.17) is 4.74 Å². The summed E-state index contributed by atoms with van der Waals surface area (Å²) in [6.45, 7) is 0.576.